The summed E-state index contributed by atoms with van der Waals surface area (Å²) in [6, 6.07) is 12.6. The molecule has 152 valence electrons. The van der Waals surface area contributed by atoms with Crippen LogP contribution in [0.1, 0.15) is 35.8 Å². The molecule has 6 nitrogen and oxygen atoms in total. The number of aromatic nitrogens is 5. The Morgan fingerprint density at radius 3 is 2.70 bits per heavy atom. The highest BCUT2D eigenvalue weighted by atomic mass is 19.1. The molecule has 5 rings (SSSR count). The van der Waals surface area contributed by atoms with Crippen LogP contribution in [0, 0.1) is 12.7 Å². The number of hydrogen-bond donors (Lipinski definition) is 0. The third kappa shape index (κ3) is 3.26. The number of nitrogens with zero attached hydrogens (tertiary/aromatic N) is 5. The lowest BCUT2D eigenvalue weighted by molar-refractivity contribution is 0.413. The summed E-state index contributed by atoms with van der Waals surface area (Å²) in [6.07, 6.45) is 5.72. The van der Waals surface area contributed by atoms with E-state index in [1.54, 1.807) is 13.4 Å². The first kappa shape index (κ1) is 18.5. The van der Waals surface area contributed by atoms with Crippen LogP contribution in [0.25, 0.3) is 17.1 Å². The van der Waals surface area contributed by atoms with Crippen molar-refractivity contribution in [2.75, 3.05) is 7.11 Å². The first-order valence-electron chi connectivity index (χ1n) is 10.0. The van der Waals surface area contributed by atoms with Crippen LogP contribution in [0.2, 0.25) is 0 Å². The van der Waals surface area contributed by atoms with Crippen molar-refractivity contribution >= 4 is 0 Å². The highest BCUT2D eigenvalue weighted by Crippen LogP contribution is 2.35. The molecule has 0 bridgehead atoms. The van der Waals surface area contributed by atoms with Gasteiger partial charge in [0.25, 0.3) is 0 Å². The van der Waals surface area contributed by atoms with Crippen molar-refractivity contribution < 1.29 is 9.13 Å². The maximum Gasteiger partial charge on any atom is 0.181 e. The lowest BCUT2D eigenvalue weighted by Crippen LogP contribution is -2.17. The topological polar surface area (TPSA) is 57.8 Å². The van der Waals surface area contributed by atoms with E-state index in [0.717, 1.165) is 53.5 Å². The number of rotatable bonds is 4. The molecule has 0 radical (unpaired) electrons. The summed E-state index contributed by atoms with van der Waals surface area (Å²) in [4.78, 5) is 9.16. The van der Waals surface area contributed by atoms with Crippen LogP contribution in [0.15, 0.2) is 55.0 Å². The Kier molecular flexibility index (Phi) is 4.58. The van der Waals surface area contributed by atoms with Gasteiger partial charge in [0.15, 0.2) is 5.82 Å². The largest absolute Gasteiger partial charge is 0.495 e. The molecule has 0 N–H and O–H groups in total. The van der Waals surface area contributed by atoms with Gasteiger partial charge >= 0.3 is 0 Å². The molecule has 4 aromatic rings. The summed E-state index contributed by atoms with van der Waals surface area (Å²) in [5.74, 6) is 2.22. The number of halogens is 1. The molecule has 0 aliphatic carbocycles. The molecule has 2 aromatic carbocycles. The van der Waals surface area contributed by atoms with Gasteiger partial charge in [0, 0.05) is 24.2 Å². The molecular formula is C23H22FN5O. The van der Waals surface area contributed by atoms with Gasteiger partial charge in [-0.3, -0.25) is 0 Å². The van der Waals surface area contributed by atoms with Crippen LogP contribution in [-0.2, 0) is 6.54 Å². The Morgan fingerprint density at radius 2 is 1.97 bits per heavy atom. The lowest BCUT2D eigenvalue weighted by atomic mass is 9.91. The van der Waals surface area contributed by atoms with Gasteiger partial charge in [-0.2, -0.15) is 5.10 Å². The highest BCUT2D eigenvalue weighted by Gasteiger charge is 2.26. The summed E-state index contributed by atoms with van der Waals surface area (Å²) in [5.41, 5.74) is 3.82. The fraction of sp³-hybridized carbons (Fsp3) is 0.261. The average Bonchev–Trinajstić information content (AvgIpc) is 3.40. The van der Waals surface area contributed by atoms with Crippen LogP contribution < -0.4 is 4.74 Å². The van der Waals surface area contributed by atoms with E-state index in [4.69, 9.17) is 14.8 Å². The Hall–Kier alpha value is -3.48. The third-order valence-corrected chi connectivity index (χ3v) is 5.57. The van der Waals surface area contributed by atoms with Crippen LogP contribution in [-0.4, -0.2) is 31.4 Å². The van der Waals surface area contributed by atoms with Gasteiger partial charge in [0.2, 0.25) is 0 Å². The van der Waals surface area contributed by atoms with E-state index in [9.17, 15) is 4.39 Å². The zero-order chi connectivity index (χ0) is 20.7. The molecule has 3 heterocycles. The van der Waals surface area contributed by atoms with Crippen molar-refractivity contribution in [3.8, 4) is 22.8 Å². The van der Waals surface area contributed by atoms with E-state index >= 15 is 0 Å². The standard InChI is InChI=1S/C23H22FN5O/c1-15-13-28(14-25-15)20-10-7-17(12-21(20)30-2)22-26-23-19(4-3-11-29(23)27-22)16-5-8-18(24)9-6-16/h5-10,12-14,19H,3-4,11H2,1-2H3. The van der Waals surface area contributed by atoms with Crippen molar-refractivity contribution in [3.05, 3.63) is 77.9 Å². The predicted octanol–water partition coefficient (Wildman–Crippen LogP) is 4.51. The average molecular weight is 403 g/mol. The second-order valence-electron chi connectivity index (χ2n) is 7.57. The van der Waals surface area contributed by atoms with Crippen molar-refractivity contribution in [2.24, 2.45) is 0 Å². The fourth-order valence-corrected chi connectivity index (χ4v) is 4.07. The van der Waals surface area contributed by atoms with Gasteiger partial charge in [-0.05, 0) is 55.7 Å². The van der Waals surface area contributed by atoms with Gasteiger partial charge in [-0.15, -0.1) is 0 Å². The minimum Gasteiger partial charge on any atom is -0.495 e. The van der Waals surface area contributed by atoms with Crippen molar-refractivity contribution in [1.29, 1.82) is 0 Å². The SMILES string of the molecule is COc1cc(-c2nc3n(n2)CCCC3c2ccc(F)cc2)ccc1-n1cnc(C)c1. The first-order chi connectivity index (χ1) is 14.6. The monoisotopic (exact) mass is 403 g/mol. The number of fused-ring (bicyclic) bond motifs is 1. The van der Waals surface area contributed by atoms with E-state index in [1.807, 2.05) is 52.7 Å². The maximum atomic E-state index is 13.4. The van der Waals surface area contributed by atoms with Gasteiger partial charge < -0.3 is 9.30 Å². The third-order valence-electron chi connectivity index (χ3n) is 5.57. The smallest absolute Gasteiger partial charge is 0.181 e. The van der Waals surface area contributed by atoms with Gasteiger partial charge in [-0.25, -0.2) is 19.0 Å². The molecule has 0 spiro atoms. The van der Waals surface area contributed by atoms with Crippen molar-refractivity contribution in [1.82, 2.24) is 24.3 Å². The fourth-order valence-electron chi connectivity index (χ4n) is 4.07. The minimum atomic E-state index is -0.225. The maximum absolute atomic E-state index is 13.4. The molecule has 1 aliphatic heterocycles. The number of benzene rings is 2. The molecular weight excluding hydrogens is 381 g/mol. The molecule has 0 saturated heterocycles. The second kappa shape index (κ2) is 7.40. The molecule has 7 heteroatoms. The number of imidazole rings is 1. The molecule has 0 amide bonds. The molecule has 1 atom stereocenters. The Morgan fingerprint density at radius 1 is 1.13 bits per heavy atom. The molecule has 1 unspecified atom stereocenters. The Balaban J connectivity index is 1.52. The second-order valence-corrected chi connectivity index (χ2v) is 7.57. The van der Waals surface area contributed by atoms with E-state index in [2.05, 4.69) is 4.98 Å². The van der Waals surface area contributed by atoms with E-state index in [-0.39, 0.29) is 11.7 Å². The normalized spacial score (nSPS) is 15.8. The molecule has 2 aromatic heterocycles. The van der Waals surface area contributed by atoms with Crippen molar-refractivity contribution in [3.63, 3.8) is 0 Å². The first-order valence-corrected chi connectivity index (χ1v) is 10.0. The van der Waals surface area contributed by atoms with E-state index in [1.165, 1.54) is 12.1 Å². The number of ether oxygens (including phenoxy) is 1. The van der Waals surface area contributed by atoms with Crippen LogP contribution >= 0.6 is 0 Å². The van der Waals surface area contributed by atoms with E-state index in [0.29, 0.717) is 5.82 Å². The van der Waals surface area contributed by atoms with Gasteiger partial charge in [0.05, 0.1) is 24.8 Å². The Labute approximate surface area is 174 Å². The van der Waals surface area contributed by atoms with Gasteiger partial charge in [0.1, 0.15) is 17.4 Å². The van der Waals surface area contributed by atoms with Crippen LogP contribution in [0.4, 0.5) is 4.39 Å². The zero-order valence-corrected chi connectivity index (χ0v) is 16.9. The summed E-state index contributed by atoms with van der Waals surface area (Å²) in [6.45, 7) is 2.79. The number of methoxy groups -OCH3 is 1. The molecule has 1 aliphatic rings. The van der Waals surface area contributed by atoms with Crippen LogP contribution in [0.5, 0.6) is 5.75 Å². The quantitative estimate of drug-likeness (QED) is 0.503. The summed E-state index contributed by atoms with van der Waals surface area (Å²) < 4.78 is 22.9. The molecule has 0 fully saturated rings. The summed E-state index contributed by atoms with van der Waals surface area (Å²) >= 11 is 0. The predicted molar refractivity (Wildman–Crippen MR) is 111 cm³/mol. The van der Waals surface area contributed by atoms with E-state index < -0.39 is 0 Å². The molecule has 0 saturated carbocycles. The highest BCUT2D eigenvalue weighted by molar-refractivity contribution is 5.63. The van der Waals surface area contributed by atoms with Gasteiger partial charge in [-0.1, -0.05) is 12.1 Å². The number of hydrogen-bond acceptors (Lipinski definition) is 4. The molecule has 30 heavy (non-hydrogen) atoms. The lowest BCUT2D eigenvalue weighted by Gasteiger charge is -2.22. The summed E-state index contributed by atoms with van der Waals surface area (Å²) in [7, 11) is 1.66. The van der Waals surface area contributed by atoms with Crippen molar-refractivity contribution in [2.45, 2.75) is 32.2 Å². The zero-order valence-electron chi connectivity index (χ0n) is 16.9. The number of aryl methyl sites for hydroxylation is 2. The summed E-state index contributed by atoms with van der Waals surface area (Å²) in [5, 5.41) is 4.75. The van der Waals surface area contributed by atoms with Crippen LogP contribution in [0.3, 0.4) is 0 Å². The Bertz CT molecular complexity index is 1190. The minimum absolute atomic E-state index is 0.121.